The van der Waals surface area contributed by atoms with Crippen LogP contribution in [0, 0.1) is 0 Å². The van der Waals surface area contributed by atoms with Gasteiger partial charge >= 0.3 is 5.97 Å². The Balaban J connectivity index is 4.11. The van der Waals surface area contributed by atoms with Crippen LogP contribution >= 0.6 is 0 Å². The molecule has 12 heavy (non-hydrogen) atoms. The van der Waals surface area contributed by atoms with Crippen molar-refractivity contribution in [3.05, 3.63) is 11.9 Å². The Kier molecular flexibility index (Phi) is 4.71. The first kappa shape index (κ1) is 10.6. The van der Waals surface area contributed by atoms with Gasteiger partial charge in [0.15, 0.2) is 0 Å². The number of hydrogen-bond acceptors (Lipinski definition) is 4. The standard InChI is InChI=1S/C7H13N3O2/c1-9-4-5(10-2)3-6(8)7(11)12/h4,6,9H,2-3,8H2,1H3,(H,11,12)/b5-4-/t6-/m1/s1. The van der Waals surface area contributed by atoms with E-state index in [1.165, 1.54) is 0 Å². The third-order valence-electron chi connectivity index (χ3n) is 1.26. The summed E-state index contributed by atoms with van der Waals surface area (Å²) in [5.41, 5.74) is 5.80. The van der Waals surface area contributed by atoms with Gasteiger partial charge in [0.25, 0.3) is 0 Å². The molecule has 4 N–H and O–H groups in total. The molecule has 0 aliphatic carbocycles. The highest BCUT2D eigenvalue weighted by Gasteiger charge is 2.12. The minimum atomic E-state index is -1.04. The van der Waals surface area contributed by atoms with Gasteiger partial charge in [0.2, 0.25) is 0 Å². The molecule has 0 rings (SSSR count). The second kappa shape index (κ2) is 5.31. The molecule has 5 nitrogen and oxygen atoms in total. The summed E-state index contributed by atoms with van der Waals surface area (Å²) in [6, 6.07) is -0.921. The number of nitrogens with two attached hydrogens (primary N) is 1. The number of hydrogen-bond donors (Lipinski definition) is 3. The highest BCUT2D eigenvalue weighted by molar-refractivity contribution is 5.73. The van der Waals surface area contributed by atoms with Crippen molar-refractivity contribution in [2.75, 3.05) is 7.05 Å². The quantitative estimate of drug-likeness (QED) is 0.489. The fraction of sp³-hybridized carbons (Fsp3) is 0.429. The lowest BCUT2D eigenvalue weighted by atomic mass is 10.2. The van der Waals surface area contributed by atoms with E-state index < -0.39 is 12.0 Å². The van der Waals surface area contributed by atoms with Crippen molar-refractivity contribution < 1.29 is 9.90 Å². The topological polar surface area (TPSA) is 87.7 Å². The van der Waals surface area contributed by atoms with E-state index >= 15 is 0 Å². The van der Waals surface area contributed by atoms with Crippen molar-refractivity contribution in [1.82, 2.24) is 5.32 Å². The first-order valence-electron chi connectivity index (χ1n) is 3.43. The van der Waals surface area contributed by atoms with E-state index in [-0.39, 0.29) is 6.42 Å². The summed E-state index contributed by atoms with van der Waals surface area (Å²) in [5, 5.41) is 11.2. The summed E-state index contributed by atoms with van der Waals surface area (Å²) in [7, 11) is 1.69. The first-order chi connectivity index (χ1) is 5.61. The number of aliphatic carboxylic acids is 1. The van der Waals surface area contributed by atoms with E-state index in [2.05, 4.69) is 17.0 Å². The number of nitrogens with one attached hydrogen (secondary N) is 1. The summed E-state index contributed by atoms with van der Waals surface area (Å²) in [6.07, 6.45) is 1.75. The van der Waals surface area contributed by atoms with Crippen molar-refractivity contribution in [2.45, 2.75) is 12.5 Å². The van der Waals surface area contributed by atoms with Gasteiger partial charge in [-0.3, -0.25) is 9.79 Å². The van der Waals surface area contributed by atoms with Crippen LogP contribution in [0.15, 0.2) is 16.9 Å². The smallest absolute Gasteiger partial charge is 0.320 e. The molecule has 1 atom stereocenters. The van der Waals surface area contributed by atoms with Crippen LogP contribution in [0.3, 0.4) is 0 Å². The number of aliphatic imine (C=N–C) groups is 1. The normalized spacial score (nSPS) is 13.7. The van der Waals surface area contributed by atoms with Gasteiger partial charge in [-0.05, 0) is 6.72 Å². The van der Waals surface area contributed by atoms with Crippen LogP contribution in [0.4, 0.5) is 0 Å². The Bertz CT molecular complexity index is 201. The van der Waals surface area contributed by atoms with Gasteiger partial charge in [0.1, 0.15) is 6.04 Å². The molecule has 0 saturated carbocycles. The van der Waals surface area contributed by atoms with Gasteiger partial charge in [0, 0.05) is 19.7 Å². The van der Waals surface area contributed by atoms with E-state index in [0.717, 1.165) is 0 Å². The molecule has 0 aromatic heterocycles. The minimum Gasteiger partial charge on any atom is -0.480 e. The molecule has 0 fully saturated rings. The molecule has 68 valence electrons. The van der Waals surface area contributed by atoms with Crippen LogP contribution in [0.25, 0.3) is 0 Å². The summed E-state index contributed by atoms with van der Waals surface area (Å²) in [4.78, 5) is 13.9. The predicted octanol–water partition coefficient (Wildman–Crippen LogP) is -0.450. The Morgan fingerprint density at radius 3 is 2.83 bits per heavy atom. The summed E-state index contributed by atoms with van der Waals surface area (Å²) in [6.45, 7) is 3.29. The SMILES string of the molecule is C=N/C(=C\NC)C[C@@H](N)C(=O)O. The van der Waals surface area contributed by atoms with Crippen molar-refractivity contribution in [3.63, 3.8) is 0 Å². The van der Waals surface area contributed by atoms with Gasteiger partial charge < -0.3 is 16.2 Å². The molecule has 0 heterocycles. The molecule has 0 spiro atoms. The molecule has 0 aromatic rings. The Morgan fingerprint density at radius 1 is 1.92 bits per heavy atom. The fourth-order valence-electron chi connectivity index (χ4n) is 0.648. The second-order valence-electron chi connectivity index (χ2n) is 2.23. The number of nitrogens with zero attached hydrogens (tertiary/aromatic N) is 1. The van der Waals surface area contributed by atoms with E-state index in [1.807, 2.05) is 0 Å². The van der Waals surface area contributed by atoms with Gasteiger partial charge in [-0.25, -0.2) is 0 Å². The molecule has 0 unspecified atom stereocenters. The van der Waals surface area contributed by atoms with Crippen LogP contribution in [0.1, 0.15) is 6.42 Å². The highest BCUT2D eigenvalue weighted by Crippen LogP contribution is 2.03. The van der Waals surface area contributed by atoms with E-state index in [4.69, 9.17) is 10.8 Å². The number of carbonyl (C=O) groups is 1. The zero-order valence-corrected chi connectivity index (χ0v) is 6.95. The Hall–Kier alpha value is -1.36. The van der Waals surface area contributed by atoms with Crippen LogP contribution in [0.5, 0.6) is 0 Å². The van der Waals surface area contributed by atoms with E-state index in [1.54, 1.807) is 13.2 Å². The molecule has 0 amide bonds. The van der Waals surface area contributed by atoms with Crippen molar-refractivity contribution in [1.29, 1.82) is 0 Å². The maximum absolute atomic E-state index is 10.3. The maximum Gasteiger partial charge on any atom is 0.320 e. The van der Waals surface area contributed by atoms with Crippen molar-refractivity contribution >= 4 is 12.7 Å². The Morgan fingerprint density at radius 2 is 2.50 bits per heavy atom. The van der Waals surface area contributed by atoms with E-state index in [0.29, 0.717) is 5.70 Å². The largest absolute Gasteiger partial charge is 0.480 e. The monoisotopic (exact) mass is 171 g/mol. The molecule has 0 aromatic carbocycles. The number of carboxylic acid groups (broad SMARTS) is 1. The van der Waals surface area contributed by atoms with Gasteiger partial charge in [-0.15, -0.1) is 0 Å². The molecular formula is C7H13N3O2. The highest BCUT2D eigenvalue weighted by atomic mass is 16.4. The summed E-state index contributed by atoms with van der Waals surface area (Å²) < 4.78 is 0. The second-order valence-corrected chi connectivity index (χ2v) is 2.23. The predicted molar refractivity (Wildman–Crippen MR) is 46.9 cm³/mol. The maximum atomic E-state index is 10.3. The minimum absolute atomic E-state index is 0.180. The average Bonchev–Trinajstić information content (AvgIpc) is 2.03. The van der Waals surface area contributed by atoms with Gasteiger partial charge in [0.05, 0.1) is 5.70 Å². The van der Waals surface area contributed by atoms with Crippen LogP contribution in [-0.4, -0.2) is 30.9 Å². The molecule has 0 radical (unpaired) electrons. The fourth-order valence-corrected chi connectivity index (χ4v) is 0.648. The molecule has 5 heteroatoms. The lowest BCUT2D eigenvalue weighted by molar-refractivity contribution is -0.138. The molecule has 0 bridgehead atoms. The molecule has 0 saturated heterocycles. The van der Waals surface area contributed by atoms with Gasteiger partial charge in [-0.1, -0.05) is 0 Å². The Labute approximate surface area is 71.0 Å². The van der Waals surface area contributed by atoms with Crippen LogP contribution in [0.2, 0.25) is 0 Å². The van der Waals surface area contributed by atoms with Gasteiger partial charge in [-0.2, -0.15) is 0 Å². The summed E-state index contributed by atoms with van der Waals surface area (Å²) >= 11 is 0. The molecule has 0 aliphatic rings. The van der Waals surface area contributed by atoms with Crippen molar-refractivity contribution in [2.24, 2.45) is 10.7 Å². The van der Waals surface area contributed by atoms with Crippen molar-refractivity contribution in [3.8, 4) is 0 Å². The lowest BCUT2D eigenvalue weighted by Gasteiger charge is -2.05. The first-order valence-corrected chi connectivity index (χ1v) is 3.43. The third-order valence-corrected chi connectivity index (χ3v) is 1.26. The molecule has 0 aliphatic heterocycles. The zero-order valence-electron chi connectivity index (χ0n) is 6.95. The molecular weight excluding hydrogens is 158 g/mol. The third kappa shape index (κ3) is 3.72. The number of rotatable bonds is 5. The zero-order chi connectivity index (χ0) is 9.56. The van der Waals surface area contributed by atoms with Crippen LogP contribution < -0.4 is 11.1 Å². The number of carboxylic acids is 1. The summed E-state index contributed by atoms with van der Waals surface area (Å²) in [5.74, 6) is -1.04. The lowest BCUT2D eigenvalue weighted by Crippen LogP contribution is -2.30. The van der Waals surface area contributed by atoms with E-state index in [9.17, 15) is 4.79 Å². The van der Waals surface area contributed by atoms with Crippen LogP contribution in [-0.2, 0) is 4.79 Å². The average molecular weight is 171 g/mol.